The van der Waals surface area contributed by atoms with Gasteiger partial charge in [-0.2, -0.15) is 0 Å². The van der Waals surface area contributed by atoms with Gasteiger partial charge in [-0.3, -0.25) is 24.1 Å². The van der Waals surface area contributed by atoms with Crippen molar-refractivity contribution in [1.82, 2.24) is 4.90 Å². The number of ether oxygens (including phenoxy) is 1. The zero-order chi connectivity index (χ0) is 21.3. The average molecular weight is 483 g/mol. The zero-order valence-corrected chi connectivity index (χ0v) is 17.4. The molecule has 2 amide bonds. The molecule has 1 atom stereocenters. The number of nitrogens with zero attached hydrogens (tertiary/aromatic N) is 1. The Bertz CT molecular complexity index is 1040. The van der Waals surface area contributed by atoms with E-state index in [0.717, 1.165) is 12.0 Å². The molecule has 0 aliphatic carbocycles. The molecule has 1 heterocycles. The van der Waals surface area contributed by atoms with Gasteiger partial charge in [-0.05, 0) is 35.4 Å². The zero-order valence-electron chi connectivity index (χ0n) is 15.1. The molecular formula is C20H14BrClFNO5. The minimum atomic E-state index is -2.13. The molecule has 6 nitrogen and oxygen atoms in total. The van der Waals surface area contributed by atoms with Crippen LogP contribution in [0, 0.1) is 5.82 Å². The highest BCUT2D eigenvalue weighted by atomic mass is 79.9. The summed E-state index contributed by atoms with van der Waals surface area (Å²) in [5.74, 6) is -3.38. The highest BCUT2D eigenvalue weighted by Crippen LogP contribution is 2.40. The molecule has 150 valence electrons. The Morgan fingerprint density at radius 1 is 1.21 bits per heavy atom. The summed E-state index contributed by atoms with van der Waals surface area (Å²) in [6.45, 7) is -0.430. The first-order chi connectivity index (χ1) is 13.7. The van der Waals surface area contributed by atoms with E-state index < -0.39 is 47.2 Å². The maximum Gasteiger partial charge on any atom is 0.326 e. The fourth-order valence-electron chi connectivity index (χ4n) is 3.41. The van der Waals surface area contributed by atoms with Crippen molar-refractivity contribution in [3.8, 4) is 0 Å². The number of benzene rings is 2. The number of fused-ring (bicyclic) bond motifs is 1. The third-order valence-electron chi connectivity index (χ3n) is 4.75. The third kappa shape index (κ3) is 3.58. The molecular weight excluding hydrogens is 469 g/mol. The molecule has 0 radical (unpaired) electrons. The molecule has 1 aliphatic heterocycles. The summed E-state index contributed by atoms with van der Waals surface area (Å²) in [4.78, 5) is 51.6. The van der Waals surface area contributed by atoms with E-state index in [-0.39, 0.29) is 16.7 Å². The highest BCUT2D eigenvalue weighted by Gasteiger charge is 2.57. The molecule has 0 saturated heterocycles. The monoisotopic (exact) mass is 481 g/mol. The summed E-state index contributed by atoms with van der Waals surface area (Å²) in [6.07, 6.45) is -0.705. The first kappa shape index (κ1) is 21.1. The summed E-state index contributed by atoms with van der Waals surface area (Å²) in [6, 6.07) is 10.1. The first-order valence-electron chi connectivity index (χ1n) is 8.39. The Morgan fingerprint density at radius 3 is 2.52 bits per heavy atom. The van der Waals surface area contributed by atoms with Gasteiger partial charge in [0.05, 0.1) is 20.1 Å². The number of carbonyl (C=O) groups is 4. The van der Waals surface area contributed by atoms with Crippen LogP contribution in [0.5, 0.6) is 0 Å². The Morgan fingerprint density at radius 2 is 1.90 bits per heavy atom. The van der Waals surface area contributed by atoms with Crippen molar-refractivity contribution >= 4 is 50.6 Å². The minimum absolute atomic E-state index is 0.0309. The lowest BCUT2D eigenvalue weighted by Crippen LogP contribution is -2.58. The topological polar surface area (TPSA) is 80.8 Å². The van der Waals surface area contributed by atoms with Crippen molar-refractivity contribution in [3.63, 3.8) is 0 Å². The van der Waals surface area contributed by atoms with E-state index in [1.54, 1.807) is 12.1 Å². The van der Waals surface area contributed by atoms with Gasteiger partial charge in [-0.25, -0.2) is 4.39 Å². The molecule has 0 saturated carbocycles. The van der Waals surface area contributed by atoms with Crippen molar-refractivity contribution in [2.75, 3.05) is 7.11 Å². The standard InChI is InChI=1S/C20H14BrClFNO5/c1-29-19(28)20(9-16(22)25)14-5-3-2-4-13(14)17(26)24(18(20)27)10-11-6-7-12(21)8-15(11)23/h2-8H,9-10H2,1H3. The van der Waals surface area contributed by atoms with Gasteiger partial charge in [0.15, 0.2) is 5.41 Å². The molecule has 0 spiro atoms. The fraction of sp³-hybridized carbons (Fsp3) is 0.200. The van der Waals surface area contributed by atoms with Crippen LogP contribution in [-0.2, 0) is 31.1 Å². The number of carbonyl (C=O) groups excluding carboxylic acids is 4. The third-order valence-corrected chi connectivity index (χ3v) is 5.38. The maximum absolute atomic E-state index is 14.3. The van der Waals surface area contributed by atoms with Crippen LogP contribution in [0.25, 0.3) is 0 Å². The van der Waals surface area contributed by atoms with Crippen LogP contribution in [0.15, 0.2) is 46.9 Å². The second-order valence-electron chi connectivity index (χ2n) is 6.41. The van der Waals surface area contributed by atoms with E-state index in [9.17, 15) is 23.6 Å². The number of rotatable bonds is 5. The van der Waals surface area contributed by atoms with Gasteiger partial charge < -0.3 is 4.74 Å². The van der Waals surface area contributed by atoms with Gasteiger partial charge in [0, 0.05) is 15.6 Å². The van der Waals surface area contributed by atoms with Gasteiger partial charge in [0.25, 0.3) is 11.8 Å². The number of amides is 2. The molecule has 2 aromatic rings. The SMILES string of the molecule is COC(=O)C1(CC(=O)Cl)C(=O)N(Cc2ccc(Br)cc2F)C(=O)c2ccccc21. The van der Waals surface area contributed by atoms with E-state index in [0.29, 0.717) is 4.47 Å². The Hall–Kier alpha value is -2.58. The van der Waals surface area contributed by atoms with Gasteiger partial charge >= 0.3 is 5.97 Å². The van der Waals surface area contributed by atoms with Crippen molar-refractivity contribution in [2.45, 2.75) is 18.4 Å². The van der Waals surface area contributed by atoms with Crippen molar-refractivity contribution in [1.29, 1.82) is 0 Å². The maximum atomic E-state index is 14.3. The van der Waals surface area contributed by atoms with Gasteiger partial charge in [0.2, 0.25) is 5.24 Å². The minimum Gasteiger partial charge on any atom is -0.468 e. The second-order valence-corrected chi connectivity index (χ2v) is 7.74. The van der Waals surface area contributed by atoms with E-state index >= 15 is 0 Å². The Balaban J connectivity index is 2.20. The molecule has 29 heavy (non-hydrogen) atoms. The van der Waals surface area contributed by atoms with Gasteiger partial charge in [-0.1, -0.05) is 40.2 Å². The van der Waals surface area contributed by atoms with E-state index in [4.69, 9.17) is 16.3 Å². The lowest BCUT2D eigenvalue weighted by atomic mass is 9.71. The number of hydrogen-bond donors (Lipinski definition) is 0. The van der Waals surface area contributed by atoms with Crippen LogP contribution in [0.3, 0.4) is 0 Å². The normalized spacial score (nSPS) is 18.4. The summed E-state index contributed by atoms with van der Waals surface area (Å²) in [5, 5.41) is -0.956. The van der Waals surface area contributed by atoms with Crippen LogP contribution >= 0.6 is 27.5 Å². The molecule has 0 N–H and O–H groups in total. The fourth-order valence-corrected chi connectivity index (χ4v) is 3.95. The molecule has 0 bridgehead atoms. The molecule has 9 heteroatoms. The average Bonchev–Trinajstić information content (AvgIpc) is 2.69. The van der Waals surface area contributed by atoms with Crippen LogP contribution in [-0.4, -0.2) is 35.0 Å². The van der Waals surface area contributed by atoms with Gasteiger partial charge in [-0.15, -0.1) is 0 Å². The van der Waals surface area contributed by atoms with Gasteiger partial charge in [0.1, 0.15) is 5.82 Å². The van der Waals surface area contributed by atoms with Crippen molar-refractivity contribution < 1.29 is 28.3 Å². The molecule has 0 fully saturated rings. The van der Waals surface area contributed by atoms with Crippen molar-refractivity contribution in [3.05, 3.63) is 69.4 Å². The lowest BCUT2D eigenvalue weighted by molar-refractivity contribution is -0.157. The number of esters is 1. The van der Waals surface area contributed by atoms with E-state index in [1.807, 2.05) is 0 Å². The number of hydrogen-bond acceptors (Lipinski definition) is 5. The number of halogens is 3. The summed E-state index contributed by atoms with van der Waals surface area (Å²) >= 11 is 8.69. The van der Waals surface area contributed by atoms with Crippen LogP contribution in [0.1, 0.15) is 27.9 Å². The number of imide groups is 1. The van der Waals surface area contributed by atoms with Crippen LogP contribution in [0.4, 0.5) is 4.39 Å². The molecule has 3 rings (SSSR count). The predicted molar refractivity (Wildman–Crippen MR) is 105 cm³/mol. The van der Waals surface area contributed by atoms with E-state index in [2.05, 4.69) is 15.9 Å². The summed E-state index contributed by atoms with van der Waals surface area (Å²) < 4.78 is 19.6. The summed E-state index contributed by atoms with van der Waals surface area (Å²) in [5.41, 5.74) is -2.01. The molecule has 1 unspecified atom stereocenters. The largest absolute Gasteiger partial charge is 0.468 e. The smallest absolute Gasteiger partial charge is 0.326 e. The second kappa shape index (κ2) is 8.04. The first-order valence-corrected chi connectivity index (χ1v) is 9.56. The summed E-state index contributed by atoms with van der Waals surface area (Å²) in [7, 11) is 1.06. The van der Waals surface area contributed by atoms with Crippen LogP contribution < -0.4 is 0 Å². The quantitative estimate of drug-likeness (QED) is 0.283. The number of methoxy groups -OCH3 is 1. The molecule has 1 aliphatic rings. The predicted octanol–water partition coefficient (Wildman–Crippen LogP) is 3.34. The molecule has 0 aromatic heterocycles. The lowest BCUT2D eigenvalue weighted by Gasteiger charge is -2.39. The van der Waals surface area contributed by atoms with E-state index in [1.165, 1.54) is 30.3 Å². The molecule has 2 aromatic carbocycles. The van der Waals surface area contributed by atoms with Crippen molar-refractivity contribution in [2.24, 2.45) is 0 Å². The Labute approximate surface area is 178 Å². The Kier molecular flexibility index (Phi) is 5.86. The highest BCUT2D eigenvalue weighted by molar-refractivity contribution is 9.10. The van der Waals surface area contributed by atoms with Crippen LogP contribution in [0.2, 0.25) is 0 Å².